The molecule has 3 rings (SSSR count). The Morgan fingerprint density at radius 3 is 2.32 bits per heavy atom. The van der Waals surface area contributed by atoms with E-state index in [1.807, 2.05) is 0 Å². The van der Waals surface area contributed by atoms with Gasteiger partial charge in [0, 0.05) is 23.4 Å². The number of hydrogen-bond donors (Lipinski definition) is 0. The smallest absolute Gasteiger partial charge is 0.339 e. The van der Waals surface area contributed by atoms with Crippen LogP contribution in [0, 0.1) is 10.1 Å². The number of non-ortho nitro benzene ring substituents is 1. The molecule has 0 fully saturated rings. The molecule has 0 N–H and O–H groups in total. The molecule has 0 aromatic heterocycles. The summed E-state index contributed by atoms with van der Waals surface area (Å²) in [5.74, 6) is 0.261. The summed E-state index contributed by atoms with van der Waals surface area (Å²) in [5.41, 5.74) is 1.12. The van der Waals surface area contributed by atoms with Crippen molar-refractivity contribution in [2.75, 3.05) is 6.61 Å². The van der Waals surface area contributed by atoms with Crippen LogP contribution in [-0.2, 0) is 10.1 Å². The second-order valence-corrected chi connectivity index (χ2v) is 8.15. The number of benzene rings is 3. The van der Waals surface area contributed by atoms with Crippen molar-refractivity contribution in [3.63, 3.8) is 0 Å². The van der Waals surface area contributed by atoms with Crippen LogP contribution in [0.1, 0.15) is 12.5 Å². The van der Waals surface area contributed by atoms with Gasteiger partial charge in [-0.05, 0) is 67.1 Å². The molecule has 160 valence electrons. The molecule has 0 atom stereocenters. The molecule has 3 aromatic rings. The summed E-state index contributed by atoms with van der Waals surface area (Å²) in [6.07, 6.45) is 1.53. The summed E-state index contributed by atoms with van der Waals surface area (Å²) >= 11 is 5.80. The second-order valence-electron chi connectivity index (χ2n) is 6.16. The predicted octanol–water partition coefficient (Wildman–Crippen LogP) is 5.17. The molecule has 0 amide bonds. The minimum Gasteiger partial charge on any atom is -0.490 e. The van der Waals surface area contributed by atoms with Gasteiger partial charge in [0.15, 0.2) is 11.5 Å². The van der Waals surface area contributed by atoms with Crippen LogP contribution >= 0.6 is 11.6 Å². The molecular formula is C21H17ClN2O6S. The predicted molar refractivity (Wildman–Crippen MR) is 117 cm³/mol. The Balaban J connectivity index is 1.83. The van der Waals surface area contributed by atoms with Gasteiger partial charge in [0.2, 0.25) is 0 Å². The zero-order chi connectivity index (χ0) is 22.4. The Hall–Kier alpha value is -3.43. The number of nitrogens with zero attached hydrogens (tertiary/aromatic N) is 2. The number of rotatable bonds is 8. The lowest BCUT2D eigenvalue weighted by molar-refractivity contribution is -0.384. The Labute approximate surface area is 184 Å². The van der Waals surface area contributed by atoms with Crippen LogP contribution in [-0.4, -0.2) is 26.2 Å². The van der Waals surface area contributed by atoms with Gasteiger partial charge in [0.1, 0.15) is 4.90 Å². The first-order chi connectivity index (χ1) is 14.8. The van der Waals surface area contributed by atoms with Crippen molar-refractivity contribution in [1.29, 1.82) is 0 Å². The molecule has 0 aliphatic heterocycles. The second kappa shape index (κ2) is 9.59. The Morgan fingerprint density at radius 1 is 1.03 bits per heavy atom. The first-order valence-electron chi connectivity index (χ1n) is 9.04. The van der Waals surface area contributed by atoms with Crippen molar-refractivity contribution in [1.82, 2.24) is 0 Å². The van der Waals surface area contributed by atoms with Crippen LogP contribution < -0.4 is 8.92 Å². The van der Waals surface area contributed by atoms with Crippen LogP contribution in [0.25, 0.3) is 0 Å². The summed E-state index contributed by atoms with van der Waals surface area (Å²) < 4.78 is 35.9. The quantitative estimate of drug-likeness (QED) is 0.199. The summed E-state index contributed by atoms with van der Waals surface area (Å²) in [6.45, 7) is 2.05. The molecule has 8 nitrogen and oxygen atoms in total. The Kier molecular flexibility index (Phi) is 6.88. The van der Waals surface area contributed by atoms with Gasteiger partial charge < -0.3 is 8.92 Å². The van der Waals surface area contributed by atoms with E-state index >= 15 is 0 Å². The monoisotopic (exact) mass is 460 g/mol. The van der Waals surface area contributed by atoms with Crippen molar-refractivity contribution in [2.45, 2.75) is 11.8 Å². The van der Waals surface area contributed by atoms with Crippen LogP contribution in [0.15, 0.2) is 76.6 Å². The lowest BCUT2D eigenvalue weighted by Crippen LogP contribution is -2.11. The zero-order valence-corrected chi connectivity index (χ0v) is 17.8. The number of nitro benzene ring substituents is 1. The third kappa shape index (κ3) is 5.80. The molecule has 0 heterocycles. The van der Waals surface area contributed by atoms with Gasteiger partial charge in [-0.15, -0.1) is 0 Å². The maximum Gasteiger partial charge on any atom is 0.339 e. The molecule has 0 radical (unpaired) electrons. The fourth-order valence-corrected chi connectivity index (χ4v) is 3.58. The maximum absolute atomic E-state index is 12.5. The molecule has 3 aromatic carbocycles. The van der Waals surface area contributed by atoms with Crippen LogP contribution in [0.4, 0.5) is 11.4 Å². The Bertz CT molecular complexity index is 1210. The van der Waals surface area contributed by atoms with Crippen molar-refractivity contribution in [2.24, 2.45) is 4.99 Å². The van der Waals surface area contributed by atoms with Gasteiger partial charge in [0.05, 0.1) is 17.2 Å². The number of ether oxygens (including phenoxy) is 1. The third-order valence-electron chi connectivity index (χ3n) is 3.99. The van der Waals surface area contributed by atoms with Gasteiger partial charge >= 0.3 is 10.1 Å². The van der Waals surface area contributed by atoms with Gasteiger partial charge in [-0.3, -0.25) is 15.1 Å². The summed E-state index contributed by atoms with van der Waals surface area (Å²) in [6, 6.07) is 16.0. The van der Waals surface area contributed by atoms with E-state index in [2.05, 4.69) is 4.99 Å². The summed E-state index contributed by atoms with van der Waals surface area (Å²) in [5, 5.41) is 11.1. The average Bonchev–Trinajstić information content (AvgIpc) is 2.74. The number of nitro groups is 1. The van der Waals surface area contributed by atoms with Crippen molar-refractivity contribution < 1.29 is 22.3 Å². The minimum atomic E-state index is -4.08. The van der Waals surface area contributed by atoms with E-state index in [1.165, 1.54) is 60.8 Å². The van der Waals surface area contributed by atoms with Gasteiger partial charge in [0.25, 0.3) is 5.69 Å². The highest BCUT2D eigenvalue weighted by atomic mass is 35.5. The lowest BCUT2D eigenvalue weighted by atomic mass is 10.2. The maximum atomic E-state index is 12.5. The molecule has 0 saturated carbocycles. The highest BCUT2D eigenvalue weighted by molar-refractivity contribution is 7.87. The van der Waals surface area contributed by atoms with Gasteiger partial charge in [-0.1, -0.05) is 11.6 Å². The molecule has 0 aliphatic rings. The molecule has 0 aliphatic carbocycles. The molecule has 0 bridgehead atoms. The summed E-state index contributed by atoms with van der Waals surface area (Å²) in [7, 11) is -4.08. The van der Waals surface area contributed by atoms with Gasteiger partial charge in [-0.25, -0.2) is 0 Å². The highest BCUT2D eigenvalue weighted by Crippen LogP contribution is 2.31. The molecular weight excluding hydrogens is 444 g/mol. The number of aliphatic imine (C=N–C) groups is 1. The van der Waals surface area contributed by atoms with Crippen molar-refractivity contribution >= 4 is 39.3 Å². The largest absolute Gasteiger partial charge is 0.490 e. The van der Waals surface area contributed by atoms with Crippen molar-refractivity contribution in [3.8, 4) is 11.5 Å². The molecule has 31 heavy (non-hydrogen) atoms. The van der Waals surface area contributed by atoms with E-state index in [9.17, 15) is 18.5 Å². The standard InChI is InChI=1S/C21H17ClN2O6S/c1-2-29-21-13-15(14-23-17-6-8-18(9-7-17)24(25)26)3-12-20(21)30-31(27,28)19-10-4-16(22)5-11-19/h3-14H,2H2,1H3. The van der Waals surface area contributed by atoms with Crippen LogP contribution in [0.2, 0.25) is 5.02 Å². The van der Waals surface area contributed by atoms with E-state index in [1.54, 1.807) is 19.1 Å². The number of halogens is 1. The molecule has 0 spiro atoms. The van der Waals surface area contributed by atoms with E-state index in [-0.39, 0.29) is 22.1 Å². The fourth-order valence-electron chi connectivity index (χ4n) is 2.52. The van der Waals surface area contributed by atoms with Crippen LogP contribution in [0.3, 0.4) is 0 Å². The Morgan fingerprint density at radius 2 is 1.71 bits per heavy atom. The highest BCUT2D eigenvalue weighted by Gasteiger charge is 2.19. The van der Waals surface area contributed by atoms with E-state index in [0.717, 1.165) is 0 Å². The molecule has 10 heteroatoms. The van der Waals surface area contributed by atoms with Crippen LogP contribution in [0.5, 0.6) is 11.5 Å². The number of hydrogen-bond acceptors (Lipinski definition) is 7. The fraction of sp³-hybridized carbons (Fsp3) is 0.0952. The molecule has 0 saturated heterocycles. The summed E-state index contributed by atoms with van der Waals surface area (Å²) in [4.78, 5) is 14.5. The average molecular weight is 461 g/mol. The SMILES string of the molecule is CCOc1cc(C=Nc2ccc([N+](=O)[O-])cc2)ccc1OS(=O)(=O)c1ccc(Cl)cc1. The lowest BCUT2D eigenvalue weighted by Gasteiger charge is -2.12. The van der Waals surface area contributed by atoms with E-state index in [0.29, 0.717) is 22.9 Å². The molecule has 0 unspecified atom stereocenters. The third-order valence-corrected chi connectivity index (χ3v) is 5.49. The minimum absolute atomic E-state index is 0.0269. The zero-order valence-electron chi connectivity index (χ0n) is 16.3. The normalized spacial score (nSPS) is 11.4. The van der Waals surface area contributed by atoms with E-state index < -0.39 is 15.0 Å². The topological polar surface area (TPSA) is 108 Å². The van der Waals surface area contributed by atoms with E-state index in [4.69, 9.17) is 20.5 Å². The first kappa shape index (κ1) is 22.3. The van der Waals surface area contributed by atoms with Crippen molar-refractivity contribution in [3.05, 3.63) is 87.4 Å². The first-order valence-corrected chi connectivity index (χ1v) is 10.8. The van der Waals surface area contributed by atoms with Gasteiger partial charge in [-0.2, -0.15) is 8.42 Å².